The van der Waals surface area contributed by atoms with Gasteiger partial charge in [0.1, 0.15) is 5.00 Å². The molecule has 1 aliphatic rings. The molecule has 1 atom stereocenters. The molecule has 0 saturated heterocycles. The van der Waals surface area contributed by atoms with E-state index in [0.29, 0.717) is 32.2 Å². The highest BCUT2D eigenvalue weighted by Gasteiger charge is 2.28. The summed E-state index contributed by atoms with van der Waals surface area (Å²) in [4.78, 5) is 25.4. The fourth-order valence-electron chi connectivity index (χ4n) is 3.19. The van der Waals surface area contributed by atoms with Gasteiger partial charge in [-0.2, -0.15) is 0 Å². The fraction of sp³-hybridized carbons (Fsp3) is 0.333. The summed E-state index contributed by atoms with van der Waals surface area (Å²) >= 11 is 13.3. The molecule has 5 nitrogen and oxygen atoms in total. The van der Waals surface area contributed by atoms with Crippen molar-refractivity contribution in [2.24, 2.45) is 11.7 Å². The molecule has 1 aliphatic carbocycles. The van der Waals surface area contributed by atoms with Gasteiger partial charge in [0.15, 0.2) is 0 Å². The molecule has 3 rings (SSSR count). The Balaban J connectivity index is 1.80. The summed E-state index contributed by atoms with van der Waals surface area (Å²) in [5.74, 6) is 0.0991. The number of primary amides is 1. The highest BCUT2D eigenvalue weighted by atomic mass is 35.5. The summed E-state index contributed by atoms with van der Waals surface area (Å²) in [5, 5.41) is 6.69. The third-order valence-electron chi connectivity index (χ3n) is 4.60. The number of carbonyl (C=O) groups excluding carboxylic acids is 2. The van der Waals surface area contributed by atoms with Gasteiger partial charge in [-0.15, -0.1) is 11.3 Å². The Hall–Kier alpha value is -1.76. The predicted molar refractivity (Wildman–Crippen MR) is 108 cm³/mol. The first kappa shape index (κ1) is 19.0. The largest absolute Gasteiger partial charge is 0.365 e. The van der Waals surface area contributed by atoms with E-state index < -0.39 is 11.9 Å². The van der Waals surface area contributed by atoms with Gasteiger partial charge in [0, 0.05) is 10.6 Å². The molecule has 0 saturated carbocycles. The van der Waals surface area contributed by atoms with Gasteiger partial charge in [0.05, 0.1) is 15.6 Å². The minimum Gasteiger partial charge on any atom is -0.365 e. The number of nitrogens with one attached hydrogen (secondary N) is 2. The Morgan fingerprint density at radius 3 is 2.69 bits per heavy atom. The first-order chi connectivity index (χ1) is 12.4. The number of amides is 3. The van der Waals surface area contributed by atoms with E-state index in [4.69, 9.17) is 28.9 Å². The zero-order valence-electron chi connectivity index (χ0n) is 14.2. The molecule has 0 bridgehead atoms. The number of anilines is 2. The van der Waals surface area contributed by atoms with Crippen LogP contribution in [0.15, 0.2) is 18.2 Å². The standard InChI is InChI=1S/C18H19Cl2N3O2S/c1-2-9-3-5-11-14(7-9)26-17(15(11)16(21)24)23-18(25)22-10-4-6-12(19)13(20)8-10/h4,6,8-9H,2-3,5,7H2,1H3,(H2,21,24)(H2,22,23,25)/t9-/m0/s1. The first-order valence-electron chi connectivity index (χ1n) is 8.36. The molecule has 0 radical (unpaired) electrons. The molecule has 4 N–H and O–H groups in total. The molecule has 0 aliphatic heterocycles. The number of hydrogen-bond donors (Lipinski definition) is 3. The van der Waals surface area contributed by atoms with Crippen LogP contribution in [0.2, 0.25) is 10.0 Å². The average Bonchev–Trinajstić information content (AvgIpc) is 2.94. The van der Waals surface area contributed by atoms with Crippen molar-refractivity contribution in [1.82, 2.24) is 0 Å². The van der Waals surface area contributed by atoms with Crippen LogP contribution < -0.4 is 16.4 Å². The van der Waals surface area contributed by atoms with E-state index in [1.807, 2.05) is 0 Å². The van der Waals surface area contributed by atoms with Crippen LogP contribution in [0.4, 0.5) is 15.5 Å². The number of halogens is 2. The molecule has 26 heavy (non-hydrogen) atoms. The Morgan fingerprint density at radius 2 is 2.04 bits per heavy atom. The number of fused-ring (bicyclic) bond motifs is 1. The van der Waals surface area contributed by atoms with Crippen molar-refractivity contribution in [3.8, 4) is 0 Å². The van der Waals surface area contributed by atoms with Crippen LogP contribution >= 0.6 is 34.5 Å². The van der Waals surface area contributed by atoms with Crippen LogP contribution in [0.1, 0.15) is 40.6 Å². The molecule has 0 fully saturated rings. The van der Waals surface area contributed by atoms with Crippen LogP contribution in [0.25, 0.3) is 0 Å². The maximum atomic E-state index is 12.3. The van der Waals surface area contributed by atoms with Crippen molar-refractivity contribution >= 4 is 57.2 Å². The Morgan fingerprint density at radius 1 is 1.27 bits per heavy atom. The lowest BCUT2D eigenvalue weighted by molar-refractivity contribution is 0.1000. The zero-order valence-corrected chi connectivity index (χ0v) is 16.5. The monoisotopic (exact) mass is 411 g/mol. The van der Waals surface area contributed by atoms with E-state index in [1.165, 1.54) is 11.3 Å². The number of carbonyl (C=O) groups is 2. The quantitative estimate of drug-likeness (QED) is 0.636. The summed E-state index contributed by atoms with van der Waals surface area (Å²) in [5.41, 5.74) is 7.50. The summed E-state index contributed by atoms with van der Waals surface area (Å²) in [7, 11) is 0. The summed E-state index contributed by atoms with van der Waals surface area (Å²) in [6.07, 6.45) is 3.88. The van der Waals surface area contributed by atoms with Crippen molar-refractivity contribution in [3.05, 3.63) is 44.2 Å². The lowest BCUT2D eigenvalue weighted by Crippen LogP contribution is -2.22. The fourth-order valence-corrected chi connectivity index (χ4v) is 4.85. The Bertz CT molecular complexity index is 866. The lowest BCUT2D eigenvalue weighted by Gasteiger charge is -2.20. The second-order valence-corrected chi connectivity index (χ2v) is 8.22. The van der Waals surface area contributed by atoms with Crippen LogP contribution in [0.5, 0.6) is 0 Å². The van der Waals surface area contributed by atoms with E-state index >= 15 is 0 Å². The SMILES string of the molecule is CC[C@H]1CCc2c(sc(NC(=O)Nc3ccc(Cl)c(Cl)c3)c2C(N)=O)C1. The van der Waals surface area contributed by atoms with Gasteiger partial charge in [0.25, 0.3) is 5.91 Å². The minimum absolute atomic E-state index is 0.347. The topological polar surface area (TPSA) is 84.2 Å². The van der Waals surface area contributed by atoms with Gasteiger partial charge < -0.3 is 11.1 Å². The maximum Gasteiger partial charge on any atom is 0.324 e. The highest BCUT2D eigenvalue weighted by Crippen LogP contribution is 2.40. The van der Waals surface area contributed by atoms with Crippen molar-refractivity contribution < 1.29 is 9.59 Å². The minimum atomic E-state index is -0.512. The summed E-state index contributed by atoms with van der Waals surface area (Å²) < 4.78 is 0. The van der Waals surface area contributed by atoms with Crippen molar-refractivity contribution in [2.45, 2.75) is 32.6 Å². The molecule has 2 aromatic rings. The van der Waals surface area contributed by atoms with E-state index in [2.05, 4.69) is 17.6 Å². The number of urea groups is 1. The van der Waals surface area contributed by atoms with Crippen LogP contribution in [0, 0.1) is 5.92 Å². The maximum absolute atomic E-state index is 12.3. The van der Waals surface area contributed by atoms with Crippen molar-refractivity contribution in [1.29, 1.82) is 0 Å². The molecule has 3 amide bonds. The second-order valence-electron chi connectivity index (χ2n) is 6.30. The predicted octanol–water partition coefficient (Wildman–Crippen LogP) is 5.31. The van der Waals surface area contributed by atoms with Crippen molar-refractivity contribution in [3.63, 3.8) is 0 Å². The van der Waals surface area contributed by atoms with Gasteiger partial charge in [-0.1, -0.05) is 36.5 Å². The molecule has 1 aromatic carbocycles. The molecule has 138 valence electrons. The number of benzene rings is 1. The van der Waals surface area contributed by atoms with Gasteiger partial charge in [-0.25, -0.2) is 4.79 Å². The normalized spacial score (nSPS) is 16.0. The molecule has 8 heteroatoms. The summed E-state index contributed by atoms with van der Waals surface area (Å²) in [6.45, 7) is 2.17. The number of hydrogen-bond acceptors (Lipinski definition) is 3. The van der Waals surface area contributed by atoms with E-state index in [9.17, 15) is 9.59 Å². The molecule has 1 heterocycles. The Kier molecular flexibility index (Phi) is 5.75. The first-order valence-corrected chi connectivity index (χ1v) is 9.93. The molecular formula is C18H19Cl2N3O2S. The highest BCUT2D eigenvalue weighted by molar-refractivity contribution is 7.17. The average molecular weight is 412 g/mol. The summed E-state index contributed by atoms with van der Waals surface area (Å²) in [6, 6.07) is 4.34. The lowest BCUT2D eigenvalue weighted by atomic mass is 9.85. The van der Waals surface area contributed by atoms with Crippen LogP contribution in [-0.4, -0.2) is 11.9 Å². The smallest absolute Gasteiger partial charge is 0.324 e. The van der Waals surface area contributed by atoms with E-state index in [-0.39, 0.29) is 0 Å². The van der Waals surface area contributed by atoms with Crippen molar-refractivity contribution in [2.75, 3.05) is 10.6 Å². The van der Waals surface area contributed by atoms with E-state index in [0.717, 1.165) is 36.1 Å². The molecule has 0 unspecified atom stereocenters. The van der Waals surface area contributed by atoms with E-state index in [1.54, 1.807) is 18.2 Å². The number of thiophene rings is 1. The van der Waals surface area contributed by atoms with Crippen LogP contribution in [0.3, 0.4) is 0 Å². The number of rotatable bonds is 4. The van der Waals surface area contributed by atoms with Gasteiger partial charge in [-0.3, -0.25) is 10.1 Å². The third kappa shape index (κ3) is 3.98. The molecular weight excluding hydrogens is 393 g/mol. The zero-order chi connectivity index (χ0) is 18.8. The van der Waals surface area contributed by atoms with Gasteiger partial charge >= 0.3 is 6.03 Å². The number of nitrogens with two attached hydrogens (primary N) is 1. The second kappa shape index (κ2) is 7.86. The van der Waals surface area contributed by atoms with Crippen LogP contribution in [-0.2, 0) is 12.8 Å². The van der Waals surface area contributed by atoms with Gasteiger partial charge in [-0.05, 0) is 48.9 Å². The third-order valence-corrected chi connectivity index (χ3v) is 6.50. The van der Waals surface area contributed by atoms with Gasteiger partial charge in [0.2, 0.25) is 0 Å². The Labute approximate surface area is 165 Å². The molecule has 1 aromatic heterocycles. The molecule has 0 spiro atoms.